The molecule has 3 aromatic rings. The number of hydrogen-bond donors (Lipinski definition) is 2. The maximum atomic E-state index is 12.6. The minimum absolute atomic E-state index is 0.148. The summed E-state index contributed by atoms with van der Waals surface area (Å²) in [6.07, 6.45) is 3.33. The lowest BCUT2D eigenvalue weighted by molar-refractivity contribution is -0.113. The van der Waals surface area contributed by atoms with Crippen LogP contribution in [0.4, 0.5) is 5.13 Å². The number of anilines is 1. The van der Waals surface area contributed by atoms with Crippen molar-refractivity contribution in [2.24, 2.45) is 0 Å². The second-order valence-corrected chi connectivity index (χ2v) is 8.33. The lowest BCUT2D eigenvalue weighted by atomic mass is 10.2. The van der Waals surface area contributed by atoms with Crippen LogP contribution in [0.15, 0.2) is 53.7 Å². The third-order valence-electron chi connectivity index (χ3n) is 3.92. The molecule has 0 spiro atoms. The molecule has 0 saturated carbocycles. The van der Waals surface area contributed by atoms with Gasteiger partial charge in [-0.25, -0.2) is 4.98 Å². The molecule has 0 unspecified atom stereocenters. The minimum atomic E-state index is -0.431. The van der Waals surface area contributed by atoms with E-state index < -0.39 is 6.04 Å². The monoisotopic (exact) mass is 462 g/mol. The van der Waals surface area contributed by atoms with Gasteiger partial charge < -0.3 is 15.2 Å². The van der Waals surface area contributed by atoms with Crippen molar-refractivity contribution < 1.29 is 9.59 Å². The summed E-state index contributed by atoms with van der Waals surface area (Å²) in [4.78, 5) is 28.7. The number of carbonyl (C=O) groups is 2. The Labute approximate surface area is 186 Å². The van der Waals surface area contributed by atoms with E-state index in [1.54, 1.807) is 41.9 Å². The zero-order valence-corrected chi connectivity index (χ0v) is 18.4. The first-order valence-electron chi connectivity index (χ1n) is 8.91. The summed E-state index contributed by atoms with van der Waals surface area (Å²) in [6, 6.07) is 6.39. The van der Waals surface area contributed by atoms with E-state index in [9.17, 15) is 9.59 Å². The predicted octanol–water partition coefficient (Wildman–Crippen LogP) is 3.80. The van der Waals surface area contributed by atoms with Gasteiger partial charge >= 0.3 is 0 Å². The van der Waals surface area contributed by atoms with E-state index in [2.05, 4.69) is 32.4 Å². The topological polar surface area (TPSA) is 102 Å². The van der Waals surface area contributed by atoms with Crippen molar-refractivity contribution in [3.63, 3.8) is 0 Å². The first-order chi connectivity index (χ1) is 14.5. The quantitative estimate of drug-likeness (QED) is 0.370. The largest absolute Gasteiger partial charge is 0.342 e. The number of halogens is 1. The molecule has 0 aliphatic rings. The van der Waals surface area contributed by atoms with Crippen molar-refractivity contribution in [1.82, 2.24) is 25.1 Å². The number of benzene rings is 1. The summed E-state index contributed by atoms with van der Waals surface area (Å²) >= 11 is 8.70. The number of rotatable bonds is 9. The molecule has 2 heterocycles. The summed E-state index contributed by atoms with van der Waals surface area (Å²) in [5.41, 5.74) is 0.384. The van der Waals surface area contributed by atoms with Crippen LogP contribution >= 0.6 is 34.7 Å². The number of thioether (sulfide) groups is 1. The summed E-state index contributed by atoms with van der Waals surface area (Å²) in [7, 11) is 0. The second-order valence-electron chi connectivity index (χ2n) is 6.09. The van der Waals surface area contributed by atoms with Gasteiger partial charge in [0.25, 0.3) is 5.91 Å². The van der Waals surface area contributed by atoms with E-state index in [4.69, 9.17) is 11.6 Å². The van der Waals surface area contributed by atoms with Crippen LogP contribution in [-0.4, -0.2) is 37.3 Å². The second kappa shape index (κ2) is 10.4. The van der Waals surface area contributed by atoms with Crippen molar-refractivity contribution in [2.45, 2.75) is 24.7 Å². The van der Waals surface area contributed by atoms with Gasteiger partial charge in [-0.3, -0.25) is 9.59 Å². The number of amides is 2. The van der Waals surface area contributed by atoms with Crippen molar-refractivity contribution in [3.05, 3.63) is 64.9 Å². The number of carbonyl (C=O) groups excluding carboxylic acids is 2. The maximum Gasteiger partial charge on any atom is 0.253 e. The van der Waals surface area contributed by atoms with Crippen LogP contribution in [0, 0.1) is 0 Å². The molecule has 0 aliphatic carbocycles. The van der Waals surface area contributed by atoms with E-state index >= 15 is 0 Å². The Kier molecular flexibility index (Phi) is 7.61. The van der Waals surface area contributed by atoms with Crippen LogP contribution in [-0.2, 0) is 11.3 Å². The van der Waals surface area contributed by atoms with Crippen molar-refractivity contribution in [1.29, 1.82) is 0 Å². The molecule has 156 valence electrons. The number of allylic oxidation sites excluding steroid dienone is 1. The third-order valence-corrected chi connectivity index (χ3v) is 5.91. The standard InChI is InChI=1S/C19H19ClN6O2S2/c1-3-9-26-16(12(2)22-17(28)13-6-4-5-7-14(13)20)24-25-19(26)30-11-15(27)23-18-21-8-10-29-18/h3-8,10,12H,1,9,11H2,2H3,(H,22,28)(H,21,23,27)/t12-/m1/s1. The molecule has 2 N–H and O–H groups in total. The van der Waals surface area contributed by atoms with E-state index in [0.29, 0.717) is 33.2 Å². The Hall–Kier alpha value is -2.69. The minimum Gasteiger partial charge on any atom is -0.342 e. The first-order valence-corrected chi connectivity index (χ1v) is 11.2. The molecule has 1 atom stereocenters. The summed E-state index contributed by atoms with van der Waals surface area (Å²) in [6.45, 7) is 6.01. The van der Waals surface area contributed by atoms with Gasteiger partial charge in [-0.1, -0.05) is 41.6 Å². The van der Waals surface area contributed by atoms with Crippen molar-refractivity contribution >= 4 is 51.6 Å². The predicted molar refractivity (Wildman–Crippen MR) is 119 cm³/mol. The molecule has 0 saturated heterocycles. The number of thiazole rings is 1. The molecule has 0 fully saturated rings. The molecular weight excluding hydrogens is 444 g/mol. The summed E-state index contributed by atoms with van der Waals surface area (Å²) in [5, 5.41) is 17.3. The van der Waals surface area contributed by atoms with Crippen LogP contribution in [0.1, 0.15) is 29.1 Å². The van der Waals surface area contributed by atoms with Crippen LogP contribution in [0.5, 0.6) is 0 Å². The van der Waals surface area contributed by atoms with Crippen molar-refractivity contribution in [2.75, 3.05) is 11.1 Å². The Morgan fingerprint density at radius 3 is 2.87 bits per heavy atom. The van der Waals surface area contributed by atoms with E-state index in [-0.39, 0.29) is 17.6 Å². The number of aromatic nitrogens is 4. The fourth-order valence-corrected chi connectivity index (χ4v) is 4.10. The van der Waals surface area contributed by atoms with Crippen LogP contribution < -0.4 is 10.6 Å². The maximum absolute atomic E-state index is 12.6. The van der Waals surface area contributed by atoms with Gasteiger partial charge in [0.05, 0.1) is 22.4 Å². The Morgan fingerprint density at radius 1 is 1.37 bits per heavy atom. The van der Waals surface area contributed by atoms with Gasteiger partial charge in [-0.2, -0.15) is 0 Å². The molecule has 11 heteroatoms. The number of hydrogen-bond acceptors (Lipinski definition) is 7. The highest BCUT2D eigenvalue weighted by Crippen LogP contribution is 2.22. The number of nitrogens with one attached hydrogen (secondary N) is 2. The zero-order valence-electron chi connectivity index (χ0n) is 16.0. The average Bonchev–Trinajstić information content (AvgIpc) is 3.37. The highest BCUT2D eigenvalue weighted by atomic mass is 35.5. The Morgan fingerprint density at radius 2 is 2.17 bits per heavy atom. The molecule has 0 radical (unpaired) electrons. The third kappa shape index (κ3) is 5.47. The SMILES string of the molecule is C=CCn1c(SCC(=O)Nc2nccs2)nnc1[C@@H](C)NC(=O)c1ccccc1Cl. The highest BCUT2D eigenvalue weighted by Gasteiger charge is 2.21. The fourth-order valence-electron chi connectivity index (χ4n) is 2.58. The Balaban J connectivity index is 1.68. The fraction of sp³-hybridized carbons (Fsp3) is 0.211. The molecular formula is C19H19ClN6O2S2. The Bertz CT molecular complexity index is 1040. The van der Waals surface area contributed by atoms with Crippen LogP contribution in [0.3, 0.4) is 0 Å². The molecule has 3 rings (SSSR count). The van der Waals surface area contributed by atoms with Gasteiger partial charge in [0.2, 0.25) is 5.91 Å². The van der Waals surface area contributed by atoms with E-state index in [1.807, 2.05) is 11.5 Å². The zero-order chi connectivity index (χ0) is 21.5. The molecule has 2 amide bonds. The van der Waals surface area contributed by atoms with Gasteiger partial charge in [-0.05, 0) is 19.1 Å². The molecule has 0 bridgehead atoms. The first kappa shape index (κ1) is 22.0. The average molecular weight is 463 g/mol. The van der Waals surface area contributed by atoms with E-state index in [1.165, 1.54) is 23.1 Å². The van der Waals surface area contributed by atoms with Crippen molar-refractivity contribution in [3.8, 4) is 0 Å². The number of nitrogens with zero attached hydrogens (tertiary/aromatic N) is 4. The van der Waals surface area contributed by atoms with Gasteiger partial charge in [0, 0.05) is 18.1 Å². The lowest BCUT2D eigenvalue weighted by Gasteiger charge is -2.15. The van der Waals surface area contributed by atoms with E-state index in [0.717, 1.165) is 0 Å². The van der Waals surface area contributed by atoms with Gasteiger partial charge in [-0.15, -0.1) is 28.1 Å². The summed E-state index contributed by atoms with van der Waals surface area (Å²) < 4.78 is 1.81. The van der Waals surface area contributed by atoms with Crippen LogP contribution in [0.25, 0.3) is 0 Å². The van der Waals surface area contributed by atoms with Crippen LogP contribution in [0.2, 0.25) is 5.02 Å². The highest BCUT2D eigenvalue weighted by molar-refractivity contribution is 7.99. The summed E-state index contributed by atoms with van der Waals surface area (Å²) in [5.74, 6) is 0.205. The smallest absolute Gasteiger partial charge is 0.253 e. The van der Waals surface area contributed by atoms with Gasteiger partial charge in [0.15, 0.2) is 16.1 Å². The molecule has 0 aliphatic heterocycles. The molecule has 30 heavy (non-hydrogen) atoms. The molecule has 8 nitrogen and oxygen atoms in total. The molecule has 1 aromatic carbocycles. The molecule has 2 aromatic heterocycles. The normalized spacial score (nSPS) is 11.7. The lowest BCUT2D eigenvalue weighted by Crippen LogP contribution is -2.29. The van der Waals surface area contributed by atoms with Gasteiger partial charge in [0.1, 0.15) is 0 Å².